The average molecular weight is 292 g/mol. The van der Waals surface area contributed by atoms with Crippen LogP contribution in [-0.2, 0) is 6.42 Å². The molecule has 2 heterocycles. The zero-order valence-electron chi connectivity index (χ0n) is 11.1. The van der Waals surface area contributed by atoms with Gasteiger partial charge in [-0.1, -0.05) is 11.8 Å². The van der Waals surface area contributed by atoms with Gasteiger partial charge in [-0.2, -0.15) is 0 Å². The van der Waals surface area contributed by atoms with Crippen LogP contribution in [0.15, 0.2) is 17.3 Å². The van der Waals surface area contributed by atoms with Gasteiger partial charge in [0.25, 0.3) is 0 Å². The van der Waals surface area contributed by atoms with Crippen LogP contribution in [0.5, 0.6) is 11.5 Å². The highest BCUT2D eigenvalue weighted by Crippen LogP contribution is 2.35. The molecule has 0 radical (unpaired) electrons. The number of fused-ring (bicyclic) bond motifs is 1. The van der Waals surface area contributed by atoms with E-state index in [1.807, 2.05) is 6.92 Å². The zero-order chi connectivity index (χ0) is 14.1. The van der Waals surface area contributed by atoms with Crippen LogP contribution in [0.25, 0.3) is 0 Å². The minimum atomic E-state index is -0.0730. The molecule has 0 amide bonds. The normalized spacial score (nSPS) is 17.9. The molecule has 0 aliphatic carbocycles. The Labute approximate surface area is 120 Å². The third-order valence-corrected chi connectivity index (χ3v) is 4.29. The van der Waals surface area contributed by atoms with Gasteiger partial charge in [-0.05, 0) is 43.1 Å². The summed E-state index contributed by atoms with van der Waals surface area (Å²) in [6.45, 7) is 2.72. The lowest BCUT2D eigenvalue weighted by Crippen LogP contribution is -2.31. The van der Waals surface area contributed by atoms with Crippen LogP contribution in [0, 0.1) is 6.92 Å². The number of thioether (sulfide) groups is 1. The lowest BCUT2D eigenvalue weighted by molar-refractivity contribution is 0.399. The monoisotopic (exact) mass is 292 g/mol. The number of aromatic hydroxyl groups is 2. The van der Waals surface area contributed by atoms with Crippen molar-refractivity contribution >= 4 is 11.8 Å². The summed E-state index contributed by atoms with van der Waals surface area (Å²) in [6.07, 6.45) is 0.851. The van der Waals surface area contributed by atoms with E-state index in [1.165, 1.54) is 0 Å². The highest BCUT2D eigenvalue weighted by Gasteiger charge is 2.22. The number of aromatic nitrogens is 3. The van der Waals surface area contributed by atoms with Gasteiger partial charge < -0.3 is 15.5 Å². The van der Waals surface area contributed by atoms with Crippen LogP contribution < -0.4 is 5.32 Å². The summed E-state index contributed by atoms with van der Waals surface area (Å²) in [5.41, 5.74) is 2.11. The molecule has 1 unspecified atom stereocenters. The summed E-state index contributed by atoms with van der Waals surface area (Å²) in [5.74, 6) is 1.44. The number of hydrogen-bond donors (Lipinski definition) is 4. The Kier molecular flexibility index (Phi) is 3.54. The fourth-order valence-electron chi connectivity index (χ4n) is 2.36. The molecule has 6 nitrogen and oxygen atoms in total. The van der Waals surface area contributed by atoms with Gasteiger partial charge in [0.05, 0.1) is 0 Å². The summed E-state index contributed by atoms with van der Waals surface area (Å²) >= 11 is 1.56. The van der Waals surface area contributed by atoms with Crippen molar-refractivity contribution in [3.63, 3.8) is 0 Å². The Bertz CT molecular complexity index is 629. The van der Waals surface area contributed by atoms with Crippen molar-refractivity contribution < 1.29 is 10.2 Å². The molecule has 0 saturated heterocycles. The van der Waals surface area contributed by atoms with Crippen LogP contribution >= 0.6 is 11.8 Å². The first-order chi connectivity index (χ1) is 9.63. The standard InChI is InChI=1S/C13H16N4O2S/c1-7-15-13(17-16-7)20-6-10-9-5-12(19)11(18)4-8(9)2-3-14-10/h4-5,10,14,18-19H,2-3,6H2,1H3,(H,15,16,17). The molecule has 1 atom stereocenters. The molecule has 0 fully saturated rings. The van der Waals surface area contributed by atoms with E-state index in [9.17, 15) is 10.2 Å². The summed E-state index contributed by atoms with van der Waals surface area (Å²) in [7, 11) is 0. The number of H-pyrrole nitrogens is 1. The van der Waals surface area contributed by atoms with Gasteiger partial charge >= 0.3 is 0 Å². The maximum atomic E-state index is 9.67. The third kappa shape index (κ3) is 2.59. The van der Waals surface area contributed by atoms with Gasteiger partial charge in [-0.25, -0.2) is 4.98 Å². The summed E-state index contributed by atoms with van der Waals surface area (Å²) in [6, 6.07) is 3.42. The van der Waals surface area contributed by atoms with E-state index in [1.54, 1.807) is 23.9 Å². The Balaban J connectivity index is 1.77. The topological polar surface area (TPSA) is 94.1 Å². The summed E-state index contributed by atoms with van der Waals surface area (Å²) < 4.78 is 0. The van der Waals surface area contributed by atoms with Crippen molar-refractivity contribution in [2.24, 2.45) is 0 Å². The van der Waals surface area contributed by atoms with Crippen molar-refractivity contribution in [1.82, 2.24) is 20.5 Å². The van der Waals surface area contributed by atoms with Crippen LogP contribution in [0.3, 0.4) is 0 Å². The number of benzene rings is 1. The predicted octanol–water partition coefficient (Wildman–Crippen LogP) is 1.50. The molecular weight excluding hydrogens is 276 g/mol. The summed E-state index contributed by atoms with van der Waals surface area (Å²) in [5, 5.41) is 30.3. The Morgan fingerprint density at radius 3 is 2.90 bits per heavy atom. The Hall–Kier alpha value is -1.73. The number of aromatic amines is 1. The van der Waals surface area contributed by atoms with Gasteiger partial charge in [-0.3, -0.25) is 5.10 Å². The van der Waals surface area contributed by atoms with Gasteiger partial charge in [0.15, 0.2) is 11.5 Å². The number of hydrogen-bond acceptors (Lipinski definition) is 6. The maximum Gasteiger partial charge on any atom is 0.208 e. The SMILES string of the molecule is Cc1nc(SCC2NCCc3cc(O)c(O)cc32)n[nH]1. The Morgan fingerprint density at radius 1 is 1.35 bits per heavy atom. The van der Waals surface area contributed by atoms with Crippen molar-refractivity contribution in [2.45, 2.75) is 24.5 Å². The predicted molar refractivity (Wildman–Crippen MR) is 76.1 cm³/mol. The first kappa shape index (κ1) is 13.3. The molecule has 3 rings (SSSR count). The molecule has 1 aromatic heterocycles. The molecule has 20 heavy (non-hydrogen) atoms. The lowest BCUT2D eigenvalue weighted by atomic mass is 9.94. The quantitative estimate of drug-likeness (QED) is 0.506. The highest BCUT2D eigenvalue weighted by molar-refractivity contribution is 7.99. The second-order valence-corrected chi connectivity index (χ2v) is 5.80. The second-order valence-electron chi connectivity index (χ2n) is 4.81. The van der Waals surface area contributed by atoms with Crippen LogP contribution in [-0.4, -0.2) is 37.7 Å². The fraction of sp³-hybridized carbons (Fsp3) is 0.385. The smallest absolute Gasteiger partial charge is 0.208 e. The van der Waals surface area contributed by atoms with Gasteiger partial charge in [0, 0.05) is 11.8 Å². The first-order valence-corrected chi connectivity index (χ1v) is 7.42. The third-order valence-electron chi connectivity index (χ3n) is 3.35. The number of phenols is 2. The van der Waals surface area contributed by atoms with Crippen molar-refractivity contribution in [1.29, 1.82) is 0 Å². The number of phenolic OH excluding ortho intramolecular Hbond substituents is 2. The number of rotatable bonds is 3. The number of nitrogens with one attached hydrogen (secondary N) is 2. The fourth-order valence-corrected chi connectivity index (χ4v) is 3.29. The first-order valence-electron chi connectivity index (χ1n) is 6.43. The second kappa shape index (κ2) is 5.34. The maximum absolute atomic E-state index is 9.67. The molecule has 1 aliphatic heterocycles. The molecule has 0 saturated carbocycles. The van der Waals surface area contributed by atoms with Gasteiger partial charge in [0.2, 0.25) is 5.16 Å². The number of aryl methyl sites for hydroxylation is 1. The zero-order valence-corrected chi connectivity index (χ0v) is 11.9. The molecule has 1 aromatic carbocycles. The molecule has 0 spiro atoms. The molecule has 106 valence electrons. The van der Waals surface area contributed by atoms with Crippen LogP contribution in [0.1, 0.15) is 23.0 Å². The van der Waals surface area contributed by atoms with Crippen LogP contribution in [0.4, 0.5) is 0 Å². The van der Waals surface area contributed by atoms with Crippen molar-refractivity contribution in [3.05, 3.63) is 29.1 Å². The largest absolute Gasteiger partial charge is 0.504 e. The molecular formula is C13H16N4O2S. The average Bonchev–Trinajstić information content (AvgIpc) is 2.84. The van der Waals surface area contributed by atoms with E-state index >= 15 is 0 Å². The molecule has 2 aromatic rings. The minimum Gasteiger partial charge on any atom is -0.504 e. The minimum absolute atomic E-state index is 0.0540. The van der Waals surface area contributed by atoms with E-state index < -0.39 is 0 Å². The number of nitrogens with zero attached hydrogens (tertiary/aromatic N) is 2. The van der Waals surface area contributed by atoms with Gasteiger partial charge in [-0.15, -0.1) is 5.10 Å². The van der Waals surface area contributed by atoms with E-state index in [0.29, 0.717) is 0 Å². The molecule has 4 N–H and O–H groups in total. The van der Waals surface area contributed by atoms with Crippen molar-refractivity contribution in [3.8, 4) is 11.5 Å². The van der Waals surface area contributed by atoms with Gasteiger partial charge in [0.1, 0.15) is 5.82 Å². The van der Waals surface area contributed by atoms with E-state index in [4.69, 9.17) is 0 Å². The van der Waals surface area contributed by atoms with E-state index in [-0.39, 0.29) is 17.5 Å². The van der Waals surface area contributed by atoms with Crippen LogP contribution in [0.2, 0.25) is 0 Å². The lowest BCUT2D eigenvalue weighted by Gasteiger charge is -2.26. The van der Waals surface area contributed by atoms with Crippen molar-refractivity contribution in [2.75, 3.05) is 12.3 Å². The Morgan fingerprint density at radius 2 is 2.15 bits per heavy atom. The molecule has 1 aliphatic rings. The molecule has 7 heteroatoms. The highest BCUT2D eigenvalue weighted by atomic mass is 32.2. The van der Waals surface area contributed by atoms with E-state index in [2.05, 4.69) is 20.5 Å². The summed E-state index contributed by atoms with van der Waals surface area (Å²) in [4.78, 5) is 4.26. The van der Waals surface area contributed by atoms with E-state index in [0.717, 1.165) is 40.8 Å². The molecule has 0 bridgehead atoms.